The zero-order valence-corrected chi connectivity index (χ0v) is 16.3. The number of anilines is 1. The maximum atomic E-state index is 12.4. The van der Waals surface area contributed by atoms with Gasteiger partial charge in [-0.3, -0.25) is 4.79 Å². The van der Waals surface area contributed by atoms with Gasteiger partial charge in [0.1, 0.15) is 5.75 Å². The number of ether oxygens (including phenoxy) is 1. The molecule has 0 saturated carbocycles. The van der Waals surface area contributed by atoms with Gasteiger partial charge in [-0.15, -0.1) is 0 Å². The van der Waals surface area contributed by atoms with Crippen molar-refractivity contribution in [2.75, 3.05) is 11.9 Å². The van der Waals surface area contributed by atoms with Crippen molar-refractivity contribution >= 4 is 34.8 Å². The van der Waals surface area contributed by atoms with Gasteiger partial charge in [-0.2, -0.15) is 4.98 Å². The van der Waals surface area contributed by atoms with Crippen molar-refractivity contribution in [2.24, 2.45) is 0 Å². The van der Waals surface area contributed by atoms with E-state index in [-0.39, 0.29) is 18.4 Å². The fourth-order valence-corrected chi connectivity index (χ4v) is 3.00. The van der Waals surface area contributed by atoms with E-state index in [9.17, 15) is 4.79 Å². The molecule has 0 aliphatic heterocycles. The lowest BCUT2D eigenvalue weighted by Crippen LogP contribution is -2.20. The van der Waals surface area contributed by atoms with Crippen LogP contribution in [0.3, 0.4) is 0 Å². The minimum atomic E-state index is -0.380. The standard InChI is InChI=1S/C20H13Cl2N3O4/c21-12-7-8-16(14(22)10-12)28-11-18(26)23-15-5-2-1-4-13(15)20-24-19(25-29-20)17-6-3-9-27-17/h1-10H,11H2,(H,23,26). The monoisotopic (exact) mass is 429 g/mol. The number of aromatic nitrogens is 2. The summed E-state index contributed by atoms with van der Waals surface area (Å²) >= 11 is 11.9. The first-order chi connectivity index (χ1) is 14.1. The molecule has 0 aliphatic carbocycles. The number of halogens is 2. The molecule has 0 fully saturated rings. The maximum absolute atomic E-state index is 12.4. The quantitative estimate of drug-likeness (QED) is 0.445. The maximum Gasteiger partial charge on any atom is 0.262 e. The molecule has 1 amide bonds. The zero-order chi connectivity index (χ0) is 20.2. The highest BCUT2D eigenvalue weighted by molar-refractivity contribution is 6.35. The van der Waals surface area contributed by atoms with Gasteiger partial charge < -0.3 is 19.0 Å². The van der Waals surface area contributed by atoms with Crippen molar-refractivity contribution in [3.05, 3.63) is 70.9 Å². The second-order valence-corrected chi connectivity index (χ2v) is 6.70. The number of carbonyl (C=O) groups is 1. The van der Waals surface area contributed by atoms with Crippen LogP contribution < -0.4 is 10.1 Å². The molecule has 1 N–H and O–H groups in total. The van der Waals surface area contributed by atoms with Crippen molar-refractivity contribution in [3.63, 3.8) is 0 Å². The number of nitrogens with one attached hydrogen (secondary N) is 1. The average Bonchev–Trinajstić information content (AvgIpc) is 3.39. The highest BCUT2D eigenvalue weighted by atomic mass is 35.5. The lowest BCUT2D eigenvalue weighted by Gasteiger charge is -2.10. The summed E-state index contributed by atoms with van der Waals surface area (Å²) in [7, 11) is 0. The van der Waals surface area contributed by atoms with E-state index >= 15 is 0 Å². The summed E-state index contributed by atoms with van der Waals surface area (Å²) < 4.78 is 16.0. The van der Waals surface area contributed by atoms with Crippen LogP contribution in [-0.4, -0.2) is 22.7 Å². The topological polar surface area (TPSA) is 90.4 Å². The van der Waals surface area contributed by atoms with E-state index in [1.54, 1.807) is 48.5 Å². The average molecular weight is 430 g/mol. The Morgan fingerprint density at radius 2 is 1.97 bits per heavy atom. The first-order valence-corrected chi connectivity index (χ1v) is 9.20. The zero-order valence-electron chi connectivity index (χ0n) is 14.8. The Morgan fingerprint density at radius 3 is 2.76 bits per heavy atom. The van der Waals surface area contributed by atoms with Gasteiger partial charge in [-0.25, -0.2) is 0 Å². The van der Waals surface area contributed by atoms with Gasteiger partial charge >= 0.3 is 0 Å². The number of carbonyl (C=O) groups excluding carboxylic acids is 1. The number of rotatable bonds is 6. The Bertz CT molecular complexity index is 1140. The lowest BCUT2D eigenvalue weighted by molar-refractivity contribution is -0.118. The second kappa shape index (κ2) is 8.38. The Labute approximate surface area is 175 Å². The Morgan fingerprint density at radius 1 is 1.10 bits per heavy atom. The summed E-state index contributed by atoms with van der Waals surface area (Å²) in [6, 6.07) is 15.3. The molecule has 29 heavy (non-hydrogen) atoms. The number of nitrogens with zero attached hydrogens (tertiary/aromatic N) is 2. The fourth-order valence-electron chi connectivity index (χ4n) is 2.54. The third-order valence-electron chi connectivity index (χ3n) is 3.85. The molecule has 0 bridgehead atoms. The molecule has 0 radical (unpaired) electrons. The van der Waals surface area contributed by atoms with E-state index in [4.69, 9.17) is 36.9 Å². The van der Waals surface area contributed by atoms with Gasteiger partial charge in [-0.05, 0) is 42.5 Å². The largest absolute Gasteiger partial charge is 0.482 e. The van der Waals surface area contributed by atoms with Crippen LogP contribution in [0.2, 0.25) is 10.0 Å². The number of amides is 1. The van der Waals surface area contributed by atoms with Crippen molar-refractivity contribution in [1.82, 2.24) is 10.1 Å². The van der Waals surface area contributed by atoms with E-state index in [1.165, 1.54) is 12.3 Å². The number of hydrogen-bond acceptors (Lipinski definition) is 6. The van der Waals surface area contributed by atoms with Crippen molar-refractivity contribution in [1.29, 1.82) is 0 Å². The molecule has 146 valence electrons. The van der Waals surface area contributed by atoms with Gasteiger partial charge in [0.2, 0.25) is 5.82 Å². The van der Waals surface area contributed by atoms with Crippen molar-refractivity contribution < 1.29 is 18.5 Å². The Balaban J connectivity index is 1.48. The van der Waals surface area contributed by atoms with E-state index < -0.39 is 0 Å². The van der Waals surface area contributed by atoms with Crippen LogP contribution in [0.4, 0.5) is 5.69 Å². The smallest absolute Gasteiger partial charge is 0.262 e. The Hall–Kier alpha value is -3.29. The number of benzene rings is 2. The predicted octanol–water partition coefficient (Wildman–Crippen LogP) is 5.32. The third kappa shape index (κ3) is 4.42. The summed E-state index contributed by atoms with van der Waals surface area (Å²) in [5, 5.41) is 7.48. The first-order valence-electron chi connectivity index (χ1n) is 8.45. The molecular formula is C20H13Cl2N3O4. The molecule has 0 saturated heterocycles. The number of para-hydroxylation sites is 1. The highest BCUT2D eigenvalue weighted by Gasteiger charge is 2.17. The van der Waals surface area contributed by atoms with E-state index in [0.717, 1.165) is 0 Å². The molecule has 4 aromatic rings. The highest BCUT2D eigenvalue weighted by Crippen LogP contribution is 2.29. The number of furan rings is 1. The van der Waals surface area contributed by atoms with Crippen LogP contribution in [0.25, 0.3) is 23.0 Å². The molecule has 0 atom stereocenters. The molecule has 2 aromatic heterocycles. The van der Waals surface area contributed by atoms with Crippen LogP contribution in [-0.2, 0) is 4.79 Å². The van der Waals surface area contributed by atoms with Crippen LogP contribution in [0.1, 0.15) is 0 Å². The summed E-state index contributed by atoms with van der Waals surface area (Å²) in [5.41, 5.74) is 1.06. The van der Waals surface area contributed by atoms with Crippen LogP contribution in [0.5, 0.6) is 5.75 Å². The molecule has 0 aliphatic rings. The van der Waals surface area contributed by atoms with E-state index in [0.29, 0.717) is 38.6 Å². The Kier molecular flexibility index (Phi) is 5.50. The normalized spacial score (nSPS) is 10.7. The molecule has 7 nitrogen and oxygen atoms in total. The third-order valence-corrected chi connectivity index (χ3v) is 4.38. The fraction of sp³-hybridized carbons (Fsp3) is 0.0500. The molecule has 2 heterocycles. The predicted molar refractivity (Wildman–Crippen MR) is 108 cm³/mol. The number of hydrogen-bond donors (Lipinski definition) is 1. The van der Waals surface area contributed by atoms with Crippen LogP contribution in [0, 0.1) is 0 Å². The minimum absolute atomic E-state index is 0.239. The van der Waals surface area contributed by atoms with Gasteiger partial charge in [0.15, 0.2) is 12.4 Å². The molecule has 0 spiro atoms. The van der Waals surface area contributed by atoms with Crippen molar-refractivity contribution in [3.8, 4) is 28.8 Å². The molecule has 2 aromatic carbocycles. The molecule has 9 heteroatoms. The van der Waals surface area contributed by atoms with E-state index in [2.05, 4.69) is 15.5 Å². The SMILES string of the molecule is O=C(COc1ccc(Cl)cc1Cl)Nc1ccccc1-c1nc(-c2ccco2)no1. The van der Waals surface area contributed by atoms with Gasteiger partial charge in [0.05, 0.1) is 22.5 Å². The summed E-state index contributed by atoms with van der Waals surface area (Å²) in [6.45, 7) is -0.239. The summed E-state index contributed by atoms with van der Waals surface area (Å²) in [4.78, 5) is 16.7. The summed E-state index contributed by atoms with van der Waals surface area (Å²) in [5.74, 6) is 1.02. The second-order valence-electron chi connectivity index (χ2n) is 5.86. The van der Waals surface area contributed by atoms with Gasteiger partial charge in [0, 0.05) is 5.02 Å². The van der Waals surface area contributed by atoms with Gasteiger partial charge in [0.25, 0.3) is 11.8 Å². The van der Waals surface area contributed by atoms with Crippen LogP contribution in [0.15, 0.2) is 69.8 Å². The minimum Gasteiger partial charge on any atom is -0.482 e. The van der Waals surface area contributed by atoms with E-state index in [1.807, 2.05) is 0 Å². The van der Waals surface area contributed by atoms with Gasteiger partial charge in [-0.1, -0.05) is 40.5 Å². The molecule has 4 rings (SSSR count). The molecule has 0 unspecified atom stereocenters. The first kappa shape index (κ1) is 19.0. The summed E-state index contributed by atoms with van der Waals surface area (Å²) in [6.07, 6.45) is 1.52. The molecular weight excluding hydrogens is 417 g/mol. The van der Waals surface area contributed by atoms with Crippen LogP contribution >= 0.6 is 23.2 Å². The lowest BCUT2D eigenvalue weighted by atomic mass is 10.1. The van der Waals surface area contributed by atoms with Crippen molar-refractivity contribution in [2.45, 2.75) is 0 Å².